The number of rotatable bonds is 4. The summed E-state index contributed by atoms with van der Waals surface area (Å²) in [7, 11) is 0. The normalized spacial score (nSPS) is 11.8. The second kappa shape index (κ2) is 10.1. The minimum Gasteiger partial charge on any atom is -0.455 e. The van der Waals surface area contributed by atoms with E-state index in [1.54, 1.807) is 0 Å². The Morgan fingerprint density at radius 1 is 0.383 bits per heavy atom. The van der Waals surface area contributed by atoms with Gasteiger partial charge >= 0.3 is 0 Å². The van der Waals surface area contributed by atoms with Gasteiger partial charge in [-0.05, 0) is 68.4 Å². The molecule has 4 nitrogen and oxygen atoms in total. The SMILES string of the molecule is c1ccc(-c2nc(-c3cc(-c4ccccc4)c4c(c3)-c3cccc5cccc-4c35)nc(-c3cccc4c3oc3ccccc34)n2)cc1. The van der Waals surface area contributed by atoms with Gasteiger partial charge in [0.15, 0.2) is 17.5 Å². The molecule has 0 saturated carbocycles. The first kappa shape index (κ1) is 25.9. The van der Waals surface area contributed by atoms with Crippen LogP contribution in [0, 0.1) is 0 Å². The van der Waals surface area contributed by atoms with E-state index in [1.165, 1.54) is 33.0 Å². The lowest BCUT2D eigenvalue weighted by Crippen LogP contribution is -2.01. The van der Waals surface area contributed by atoms with Crippen molar-refractivity contribution in [3.8, 4) is 67.5 Å². The molecular weight excluding hydrogens is 574 g/mol. The molecule has 1 aliphatic rings. The first-order chi connectivity index (χ1) is 23.3. The molecule has 0 unspecified atom stereocenters. The fourth-order valence-corrected chi connectivity index (χ4v) is 7.16. The van der Waals surface area contributed by atoms with Crippen LogP contribution in [0.15, 0.2) is 156 Å². The molecule has 0 atom stereocenters. The molecule has 9 aromatic rings. The number of fused-ring (bicyclic) bond motifs is 6. The predicted octanol–water partition coefficient (Wildman–Crippen LogP) is 11.2. The van der Waals surface area contributed by atoms with Crippen LogP contribution in [-0.4, -0.2) is 15.0 Å². The number of furan rings is 1. The summed E-state index contributed by atoms with van der Waals surface area (Å²) in [4.78, 5) is 15.4. The van der Waals surface area contributed by atoms with Crippen LogP contribution in [0.25, 0.3) is 100 Å². The van der Waals surface area contributed by atoms with Gasteiger partial charge in [0.05, 0.1) is 5.56 Å². The van der Waals surface area contributed by atoms with Gasteiger partial charge in [-0.1, -0.05) is 127 Å². The highest BCUT2D eigenvalue weighted by molar-refractivity contribution is 6.18. The molecule has 10 rings (SSSR count). The number of aromatic nitrogens is 3. The van der Waals surface area contributed by atoms with E-state index in [4.69, 9.17) is 19.4 Å². The number of para-hydroxylation sites is 2. The van der Waals surface area contributed by atoms with Crippen molar-refractivity contribution in [2.75, 3.05) is 0 Å². The fraction of sp³-hybridized carbons (Fsp3) is 0. The maximum absolute atomic E-state index is 6.43. The summed E-state index contributed by atoms with van der Waals surface area (Å²) in [6, 6.07) is 52.7. The molecule has 0 spiro atoms. The molecule has 0 saturated heterocycles. The molecule has 0 bridgehead atoms. The lowest BCUT2D eigenvalue weighted by Gasteiger charge is -2.15. The molecule has 0 aliphatic heterocycles. The maximum atomic E-state index is 6.43. The van der Waals surface area contributed by atoms with E-state index in [-0.39, 0.29) is 0 Å². The van der Waals surface area contributed by atoms with Crippen molar-refractivity contribution in [2.45, 2.75) is 0 Å². The average Bonchev–Trinajstić information content (AvgIpc) is 3.69. The fourth-order valence-electron chi connectivity index (χ4n) is 7.16. The van der Waals surface area contributed by atoms with Crippen molar-refractivity contribution >= 4 is 32.7 Å². The lowest BCUT2D eigenvalue weighted by atomic mass is 9.91. The Bertz CT molecular complexity index is 2670. The quantitative estimate of drug-likeness (QED) is 0.202. The molecular formula is C43H25N3O. The highest BCUT2D eigenvalue weighted by Gasteiger charge is 2.26. The van der Waals surface area contributed by atoms with E-state index in [0.717, 1.165) is 49.8 Å². The summed E-state index contributed by atoms with van der Waals surface area (Å²) >= 11 is 0. The number of nitrogens with zero attached hydrogens (tertiary/aromatic N) is 3. The molecule has 2 heterocycles. The Labute approximate surface area is 270 Å². The molecule has 2 aromatic heterocycles. The second-order valence-corrected chi connectivity index (χ2v) is 12.0. The summed E-state index contributed by atoms with van der Waals surface area (Å²) < 4.78 is 6.43. The van der Waals surface area contributed by atoms with Gasteiger partial charge in [-0.3, -0.25) is 0 Å². The van der Waals surface area contributed by atoms with Gasteiger partial charge in [0.2, 0.25) is 0 Å². The Kier molecular flexibility index (Phi) is 5.54. The van der Waals surface area contributed by atoms with Crippen LogP contribution in [0.5, 0.6) is 0 Å². The van der Waals surface area contributed by atoms with E-state index in [2.05, 4.69) is 91.0 Å². The maximum Gasteiger partial charge on any atom is 0.167 e. The van der Waals surface area contributed by atoms with Crippen molar-refractivity contribution in [3.63, 3.8) is 0 Å². The van der Waals surface area contributed by atoms with Crippen LogP contribution < -0.4 is 0 Å². The summed E-state index contributed by atoms with van der Waals surface area (Å²) in [5, 5.41) is 4.64. The zero-order valence-corrected chi connectivity index (χ0v) is 25.2. The summed E-state index contributed by atoms with van der Waals surface area (Å²) in [5.41, 5.74) is 11.5. The van der Waals surface area contributed by atoms with Crippen LogP contribution in [-0.2, 0) is 0 Å². The zero-order valence-electron chi connectivity index (χ0n) is 25.2. The van der Waals surface area contributed by atoms with Gasteiger partial charge < -0.3 is 4.42 Å². The third-order valence-electron chi connectivity index (χ3n) is 9.26. The van der Waals surface area contributed by atoms with E-state index < -0.39 is 0 Å². The van der Waals surface area contributed by atoms with Crippen LogP contribution in [0.1, 0.15) is 0 Å². The summed E-state index contributed by atoms with van der Waals surface area (Å²) in [6.45, 7) is 0. The first-order valence-corrected chi connectivity index (χ1v) is 15.8. The van der Waals surface area contributed by atoms with Gasteiger partial charge in [-0.25, -0.2) is 15.0 Å². The smallest absolute Gasteiger partial charge is 0.167 e. The van der Waals surface area contributed by atoms with Gasteiger partial charge in [-0.15, -0.1) is 0 Å². The minimum atomic E-state index is 0.575. The topological polar surface area (TPSA) is 51.8 Å². The number of benzene rings is 7. The van der Waals surface area contributed by atoms with Crippen molar-refractivity contribution in [2.24, 2.45) is 0 Å². The molecule has 0 N–H and O–H groups in total. The monoisotopic (exact) mass is 599 g/mol. The second-order valence-electron chi connectivity index (χ2n) is 12.0. The molecule has 218 valence electrons. The van der Waals surface area contributed by atoms with Crippen LogP contribution in [0.3, 0.4) is 0 Å². The van der Waals surface area contributed by atoms with Crippen molar-refractivity contribution < 1.29 is 4.42 Å². The summed E-state index contributed by atoms with van der Waals surface area (Å²) in [5.74, 6) is 1.81. The number of hydrogen-bond acceptors (Lipinski definition) is 4. The van der Waals surface area contributed by atoms with Gasteiger partial charge in [0.25, 0.3) is 0 Å². The third kappa shape index (κ3) is 3.98. The molecule has 4 heteroatoms. The summed E-state index contributed by atoms with van der Waals surface area (Å²) in [6.07, 6.45) is 0. The van der Waals surface area contributed by atoms with E-state index in [9.17, 15) is 0 Å². The molecule has 0 amide bonds. The van der Waals surface area contributed by atoms with E-state index in [0.29, 0.717) is 17.5 Å². The Hall–Kier alpha value is -6.39. The van der Waals surface area contributed by atoms with Crippen molar-refractivity contribution in [1.82, 2.24) is 15.0 Å². The standard InChI is InChI=1S/C43H25N3O/c1-3-12-26(13-4-1)35-24-29(25-36-31-19-9-16-27-17-10-21-33(38(27)31)39(35)36)42-44-41(28-14-5-2-6-15-28)45-43(46-42)34-22-11-20-32-30-18-7-8-23-37(30)47-40(32)34/h1-25H. The first-order valence-electron chi connectivity index (χ1n) is 15.8. The average molecular weight is 600 g/mol. The molecule has 7 aromatic carbocycles. The lowest BCUT2D eigenvalue weighted by molar-refractivity contribution is 0.669. The Balaban J connectivity index is 1.26. The van der Waals surface area contributed by atoms with Gasteiger partial charge in [0, 0.05) is 21.9 Å². The highest BCUT2D eigenvalue weighted by Crippen LogP contribution is 2.52. The van der Waals surface area contributed by atoms with Crippen molar-refractivity contribution in [1.29, 1.82) is 0 Å². The van der Waals surface area contributed by atoms with E-state index in [1.807, 2.05) is 60.7 Å². The van der Waals surface area contributed by atoms with Gasteiger partial charge in [0.1, 0.15) is 11.2 Å². The van der Waals surface area contributed by atoms with Gasteiger partial charge in [-0.2, -0.15) is 0 Å². The van der Waals surface area contributed by atoms with Crippen molar-refractivity contribution in [3.05, 3.63) is 152 Å². The number of hydrogen-bond donors (Lipinski definition) is 0. The van der Waals surface area contributed by atoms with Crippen LogP contribution in [0.2, 0.25) is 0 Å². The van der Waals surface area contributed by atoms with Crippen LogP contribution in [0.4, 0.5) is 0 Å². The largest absolute Gasteiger partial charge is 0.455 e. The highest BCUT2D eigenvalue weighted by atomic mass is 16.3. The minimum absolute atomic E-state index is 0.575. The predicted molar refractivity (Wildman–Crippen MR) is 191 cm³/mol. The zero-order chi connectivity index (χ0) is 30.9. The molecule has 0 fully saturated rings. The third-order valence-corrected chi connectivity index (χ3v) is 9.26. The van der Waals surface area contributed by atoms with Crippen LogP contribution >= 0.6 is 0 Å². The Morgan fingerprint density at radius 2 is 0.979 bits per heavy atom. The molecule has 47 heavy (non-hydrogen) atoms. The Morgan fingerprint density at radius 3 is 1.79 bits per heavy atom. The van der Waals surface area contributed by atoms with E-state index >= 15 is 0 Å². The molecule has 1 aliphatic carbocycles. The molecule has 0 radical (unpaired) electrons.